The van der Waals surface area contributed by atoms with E-state index < -0.39 is 5.97 Å². The molecule has 0 atom stereocenters. The van der Waals surface area contributed by atoms with Gasteiger partial charge >= 0.3 is 5.97 Å². The minimum atomic E-state index is -1.07. The Morgan fingerprint density at radius 1 is 1.73 bits per heavy atom. The molecule has 0 unspecified atom stereocenters. The summed E-state index contributed by atoms with van der Waals surface area (Å²) in [7, 11) is 0. The SMILES string of the molecule is O=C(O)c1onc2ccsc12. The van der Waals surface area contributed by atoms with Gasteiger partial charge in [-0.15, -0.1) is 11.3 Å². The number of hydrogen-bond donors (Lipinski definition) is 1. The highest BCUT2D eigenvalue weighted by molar-refractivity contribution is 7.17. The van der Waals surface area contributed by atoms with Crippen LogP contribution in [0, 0.1) is 0 Å². The monoisotopic (exact) mass is 169 g/mol. The van der Waals surface area contributed by atoms with Gasteiger partial charge in [-0.25, -0.2) is 4.79 Å². The molecule has 2 aromatic rings. The van der Waals surface area contributed by atoms with Crippen molar-refractivity contribution >= 4 is 27.5 Å². The van der Waals surface area contributed by atoms with Crippen LogP contribution in [0.1, 0.15) is 10.6 Å². The number of nitrogens with zero attached hydrogens (tertiary/aromatic N) is 1. The van der Waals surface area contributed by atoms with Crippen molar-refractivity contribution in [2.24, 2.45) is 0 Å². The summed E-state index contributed by atoms with van der Waals surface area (Å²) in [6, 6.07) is 1.72. The van der Waals surface area contributed by atoms with Crippen LogP contribution in [-0.2, 0) is 0 Å². The summed E-state index contributed by atoms with van der Waals surface area (Å²) in [5, 5.41) is 13.9. The molecule has 11 heavy (non-hydrogen) atoms. The zero-order chi connectivity index (χ0) is 7.84. The third-order valence-corrected chi connectivity index (χ3v) is 2.18. The van der Waals surface area contributed by atoms with Crippen LogP contribution in [0.15, 0.2) is 16.0 Å². The fourth-order valence-corrected chi connectivity index (χ4v) is 1.61. The molecule has 0 amide bonds. The van der Waals surface area contributed by atoms with Crippen LogP contribution >= 0.6 is 11.3 Å². The van der Waals surface area contributed by atoms with Crippen molar-refractivity contribution in [2.75, 3.05) is 0 Å². The first-order valence-electron chi connectivity index (χ1n) is 2.85. The van der Waals surface area contributed by atoms with E-state index in [1.54, 1.807) is 11.4 Å². The predicted octanol–water partition coefficient (Wildman–Crippen LogP) is 1.59. The number of thiophene rings is 1. The molecule has 0 saturated heterocycles. The van der Waals surface area contributed by atoms with E-state index in [0.717, 1.165) is 0 Å². The minimum absolute atomic E-state index is 0.0741. The summed E-state index contributed by atoms with van der Waals surface area (Å²) in [6.45, 7) is 0. The van der Waals surface area contributed by atoms with Gasteiger partial charge in [-0.1, -0.05) is 5.16 Å². The first kappa shape index (κ1) is 6.36. The third-order valence-electron chi connectivity index (χ3n) is 1.28. The van der Waals surface area contributed by atoms with Gasteiger partial charge in [0.25, 0.3) is 5.76 Å². The molecule has 2 aromatic heterocycles. The van der Waals surface area contributed by atoms with Crippen LogP contribution in [-0.4, -0.2) is 16.2 Å². The van der Waals surface area contributed by atoms with Crippen LogP contribution < -0.4 is 0 Å². The lowest BCUT2D eigenvalue weighted by Crippen LogP contribution is -1.92. The fraction of sp³-hybridized carbons (Fsp3) is 0. The van der Waals surface area contributed by atoms with Crippen molar-refractivity contribution in [1.29, 1.82) is 0 Å². The zero-order valence-corrected chi connectivity index (χ0v) is 6.09. The highest BCUT2D eigenvalue weighted by Crippen LogP contribution is 2.23. The normalized spacial score (nSPS) is 10.5. The van der Waals surface area contributed by atoms with Gasteiger partial charge < -0.3 is 9.63 Å². The molecule has 0 saturated carbocycles. The summed E-state index contributed by atoms with van der Waals surface area (Å²) >= 11 is 1.31. The number of carboxylic acid groups (broad SMARTS) is 1. The largest absolute Gasteiger partial charge is 0.475 e. The van der Waals surface area contributed by atoms with Crippen LogP contribution in [0.4, 0.5) is 0 Å². The maximum Gasteiger partial charge on any atom is 0.376 e. The van der Waals surface area contributed by atoms with E-state index in [0.29, 0.717) is 10.2 Å². The van der Waals surface area contributed by atoms with Crippen molar-refractivity contribution < 1.29 is 14.4 Å². The second-order valence-electron chi connectivity index (χ2n) is 1.95. The lowest BCUT2D eigenvalue weighted by molar-refractivity contribution is 0.0655. The first-order chi connectivity index (χ1) is 5.29. The maximum absolute atomic E-state index is 10.4. The van der Waals surface area contributed by atoms with Gasteiger partial charge in [0.15, 0.2) is 0 Å². The maximum atomic E-state index is 10.4. The Morgan fingerprint density at radius 2 is 2.55 bits per heavy atom. The number of carboxylic acids is 1. The van der Waals surface area contributed by atoms with E-state index in [1.165, 1.54) is 11.3 Å². The molecule has 0 spiro atoms. The topological polar surface area (TPSA) is 63.3 Å². The molecular formula is C6H3NO3S. The van der Waals surface area contributed by atoms with Gasteiger partial charge in [-0.05, 0) is 11.4 Å². The molecule has 5 heteroatoms. The lowest BCUT2D eigenvalue weighted by Gasteiger charge is -1.80. The molecule has 0 fully saturated rings. The van der Waals surface area contributed by atoms with E-state index in [9.17, 15) is 4.79 Å². The second kappa shape index (κ2) is 2.06. The Kier molecular flexibility index (Phi) is 1.19. The quantitative estimate of drug-likeness (QED) is 0.704. The summed E-state index contributed by atoms with van der Waals surface area (Å²) in [4.78, 5) is 10.4. The summed E-state index contributed by atoms with van der Waals surface area (Å²) in [5.74, 6) is -1.15. The van der Waals surface area contributed by atoms with Crippen molar-refractivity contribution in [3.8, 4) is 0 Å². The average molecular weight is 169 g/mol. The molecule has 2 heterocycles. The molecule has 2 rings (SSSR count). The zero-order valence-electron chi connectivity index (χ0n) is 5.27. The van der Waals surface area contributed by atoms with Crippen LogP contribution in [0.25, 0.3) is 10.2 Å². The van der Waals surface area contributed by atoms with Gasteiger partial charge in [0, 0.05) is 0 Å². The Bertz CT molecular complexity index is 403. The number of aromatic carboxylic acids is 1. The highest BCUT2D eigenvalue weighted by Gasteiger charge is 2.15. The van der Waals surface area contributed by atoms with Crippen molar-refractivity contribution in [3.63, 3.8) is 0 Å². The van der Waals surface area contributed by atoms with Gasteiger partial charge in [0.2, 0.25) is 0 Å². The van der Waals surface area contributed by atoms with Crippen LogP contribution in [0.3, 0.4) is 0 Å². The lowest BCUT2D eigenvalue weighted by atomic mass is 10.4. The van der Waals surface area contributed by atoms with E-state index in [1.807, 2.05) is 0 Å². The molecule has 1 N–H and O–H groups in total. The van der Waals surface area contributed by atoms with Crippen molar-refractivity contribution in [3.05, 3.63) is 17.2 Å². The molecule has 4 nitrogen and oxygen atoms in total. The van der Waals surface area contributed by atoms with Gasteiger partial charge in [-0.2, -0.15) is 0 Å². The molecular weight excluding hydrogens is 166 g/mol. The molecule has 0 aliphatic rings. The van der Waals surface area contributed by atoms with E-state index in [-0.39, 0.29) is 5.76 Å². The van der Waals surface area contributed by atoms with Crippen LogP contribution in [0.5, 0.6) is 0 Å². The fourth-order valence-electron chi connectivity index (χ4n) is 0.817. The van der Waals surface area contributed by atoms with Crippen molar-refractivity contribution in [1.82, 2.24) is 5.16 Å². The molecule has 0 aromatic carbocycles. The highest BCUT2D eigenvalue weighted by atomic mass is 32.1. The van der Waals surface area contributed by atoms with E-state index in [2.05, 4.69) is 9.68 Å². The molecule has 56 valence electrons. The molecule has 0 aliphatic carbocycles. The van der Waals surface area contributed by atoms with E-state index in [4.69, 9.17) is 5.11 Å². The van der Waals surface area contributed by atoms with Gasteiger partial charge in [-0.3, -0.25) is 0 Å². The first-order valence-corrected chi connectivity index (χ1v) is 3.73. The second-order valence-corrected chi connectivity index (χ2v) is 2.87. The molecule has 0 aliphatic heterocycles. The Hall–Kier alpha value is -1.36. The Balaban J connectivity index is 2.78. The Labute approximate surface area is 65.0 Å². The number of carbonyl (C=O) groups is 1. The number of rotatable bonds is 1. The third kappa shape index (κ3) is 0.813. The van der Waals surface area contributed by atoms with Gasteiger partial charge in [0.05, 0.1) is 0 Å². The van der Waals surface area contributed by atoms with Crippen LogP contribution in [0.2, 0.25) is 0 Å². The van der Waals surface area contributed by atoms with Gasteiger partial charge in [0.1, 0.15) is 10.2 Å². The number of hydrogen-bond acceptors (Lipinski definition) is 4. The summed E-state index contributed by atoms with van der Waals surface area (Å²) < 4.78 is 5.17. The number of fused-ring (bicyclic) bond motifs is 1. The Morgan fingerprint density at radius 3 is 3.27 bits per heavy atom. The smallest absolute Gasteiger partial charge is 0.376 e. The molecule has 0 radical (unpaired) electrons. The average Bonchev–Trinajstić information content (AvgIpc) is 2.41. The summed E-state index contributed by atoms with van der Waals surface area (Å²) in [6.07, 6.45) is 0. The predicted molar refractivity (Wildman–Crippen MR) is 38.8 cm³/mol. The summed E-state index contributed by atoms with van der Waals surface area (Å²) in [5.41, 5.74) is 0.604. The van der Waals surface area contributed by atoms with Crippen molar-refractivity contribution in [2.45, 2.75) is 0 Å². The number of aromatic nitrogens is 1. The van der Waals surface area contributed by atoms with E-state index >= 15 is 0 Å². The molecule has 0 bridgehead atoms. The standard InChI is InChI=1S/C6H3NO3S/c8-6(9)4-5-3(7-10-4)1-2-11-5/h1-2H,(H,8,9). The minimum Gasteiger partial charge on any atom is -0.475 e.